The fraction of sp³-hybridized carbons (Fsp3) is 0.250. The number of hydrogen-bond acceptors (Lipinski definition) is 8. The molecule has 0 aliphatic carbocycles. The number of hydrogen-bond donors (Lipinski definition) is 3. The van der Waals surface area contributed by atoms with Crippen LogP contribution in [-0.2, 0) is 13.6 Å². The number of aliphatic imine (C=N–C) groups is 1. The molecule has 0 saturated carbocycles. The van der Waals surface area contributed by atoms with Gasteiger partial charge in [-0.3, -0.25) is 9.67 Å². The SMILES string of the molecule is CCN=Cc1sc(CNc2nc(-c3cnn(C)c3)cnc2N)cc1N. The van der Waals surface area contributed by atoms with Crippen molar-refractivity contribution in [1.82, 2.24) is 19.7 Å². The quantitative estimate of drug-likeness (QED) is 0.582. The van der Waals surface area contributed by atoms with Crippen LogP contribution in [0, 0.1) is 0 Å². The highest BCUT2D eigenvalue weighted by Gasteiger charge is 2.10. The van der Waals surface area contributed by atoms with Crippen LogP contribution in [0.2, 0.25) is 0 Å². The van der Waals surface area contributed by atoms with E-state index >= 15 is 0 Å². The Hall–Kier alpha value is -2.94. The molecule has 3 aromatic heterocycles. The Morgan fingerprint density at radius 1 is 1.36 bits per heavy atom. The van der Waals surface area contributed by atoms with E-state index in [-0.39, 0.29) is 0 Å². The minimum absolute atomic E-state index is 0.352. The third kappa shape index (κ3) is 3.94. The summed E-state index contributed by atoms with van der Waals surface area (Å²) in [5.41, 5.74) is 14.3. The number of thiophene rings is 1. The van der Waals surface area contributed by atoms with Crippen molar-refractivity contribution in [1.29, 1.82) is 0 Å². The summed E-state index contributed by atoms with van der Waals surface area (Å²) in [5.74, 6) is 0.891. The van der Waals surface area contributed by atoms with Gasteiger partial charge in [0, 0.05) is 36.4 Å². The van der Waals surface area contributed by atoms with Gasteiger partial charge >= 0.3 is 0 Å². The van der Waals surface area contributed by atoms with Crippen LogP contribution >= 0.6 is 11.3 Å². The maximum Gasteiger partial charge on any atom is 0.169 e. The molecule has 0 aromatic carbocycles. The standard InChI is InChI=1S/C16H20N8S/c1-3-19-8-14-12(17)4-11(25-14)6-21-16-15(18)20-7-13(23-16)10-5-22-24(2)9-10/h4-5,7-9H,3,6,17H2,1-2H3,(H2,18,20)(H,21,23). The Morgan fingerprint density at radius 3 is 2.92 bits per heavy atom. The topological polar surface area (TPSA) is 120 Å². The number of nitrogens with one attached hydrogen (secondary N) is 1. The van der Waals surface area contributed by atoms with Crippen LogP contribution in [0.5, 0.6) is 0 Å². The van der Waals surface area contributed by atoms with E-state index in [2.05, 4.69) is 25.4 Å². The number of aromatic nitrogens is 4. The van der Waals surface area contributed by atoms with Gasteiger partial charge in [-0.2, -0.15) is 5.10 Å². The average Bonchev–Trinajstić information content (AvgIpc) is 3.18. The van der Waals surface area contributed by atoms with Gasteiger partial charge in [-0.15, -0.1) is 11.3 Å². The number of nitrogens with two attached hydrogens (primary N) is 2. The van der Waals surface area contributed by atoms with Crippen LogP contribution in [0.1, 0.15) is 16.7 Å². The predicted molar refractivity (Wildman–Crippen MR) is 103 cm³/mol. The van der Waals surface area contributed by atoms with Crippen LogP contribution < -0.4 is 16.8 Å². The normalized spacial score (nSPS) is 11.3. The van der Waals surface area contributed by atoms with Crippen molar-refractivity contribution >= 4 is 34.9 Å². The number of nitrogen functional groups attached to an aromatic ring is 2. The van der Waals surface area contributed by atoms with Gasteiger partial charge in [-0.25, -0.2) is 9.97 Å². The first-order valence-corrected chi connectivity index (χ1v) is 8.62. The zero-order chi connectivity index (χ0) is 17.8. The van der Waals surface area contributed by atoms with Gasteiger partial charge in [0.05, 0.1) is 35.2 Å². The van der Waals surface area contributed by atoms with Crippen molar-refractivity contribution < 1.29 is 0 Å². The van der Waals surface area contributed by atoms with Crippen LogP contribution in [0.15, 0.2) is 29.6 Å². The van der Waals surface area contributed by atoms with E-state index < -0.39 is 0 Å². The summed E-state index contributed by atoms with van der Waals surface area (Å²) >= 11 is 1.59. The third-order valence-electron chi connectivity index (χ3n) is 3.46. The zero-order valence-corrected chi connectivity index (χ0v) is 14.9. The zero-order valence-electron chi connectivity index (χ0n) is 14.1. The summed E-state index contributed by atoms with van der Waals surface area (Å²) in [4.78, 5) is 15.0. The lowest BCUT2D eigenvalue weighted by atomic mass is 10.3. The largest absolute Gasteiger partial charge is 0.398 e. The molecule has 8 nitrogen and oxygen atoms in total. The van der Waals surface area contributed by atoms with E-state index in [0.717, 1.165) is 27.5 Å². The van der Waals surface area contributed by atoms with E-state index in [1.165, 1.54) is 0 Å². The Kier molecular flexibility index (Phi) is 4.94. The van der Waals surface area contributed by atoms with Crippen molar-refractivity contribution in [2.45, 2.75) is 13.5 Å². The van der Waals surface area contributed by atoms with Crippen LogP contribution in [0.4, 0.5) is 17.3 Å². The Bertz CT molecular complexity index is 895. The maximum atomic E-state index is 6.01. The second-order valence-corrected chi connectivity index (χ2v) is 6.57. The molecule has 0 aliphatic rings. The van der Waals surface area contributed by atoms with Gasteiger partial charge in [-0.05, 0) is 13.0 Å². The van der Waals surface area contributed by atoms with Crippen molar-refractivity contribution in [3.63, 3.8) is 0 Å². The molecule has 5 N–H and O–H groups in total. The summed E-state index contributed by atoms with van der Waals surface area (Å²) in [7, 11) is 1.86. The fourth-order valence-electron chi connectivity index (χ4n) is 2.23. The summed E-state index contributed by atoms with van der Waals surface area (Å²) in [6.45, 7) is 3.28. The van der Waals surface area contributed by atoms with Crippen molar-refractivity contribution in [3.8, 4) is 11.3 Å². The van der Waals surface area contributed by atoms with Gasteiger partial charge in [0.2, 0.25) is 0 Å². The van der Waals surface area contributed by atoms with E-state index in [1.54, 1.807) is 34.6 Å². The van der Waals surface area contributed by atoms with E-state index in [9.17, 15) is 0 Å². The lowest BCUT2D eigenvalue weighted by Crippen LogP contribution is -2.06. The van der Waals surface area contributed by atoms with Crippen molar-refractivity contribution in [2.24, 2.45) is 12.0 Å². The fourth-order valence-corrected chi connectivity index (χ4v) is 3.15. The summed E-state index contributed by atoms with van der Waals surface area (Å²) in [6.07, 6.45) is 7.06. The number of nitrogens with zero attached hydrogens (tertiary/aromatic N) is 5. The molecule has 0 atom stereocenters. The molecule has 0 bridgehead atoms. The molecule has 0 aliphatic heterocycles. The smallest absolute Gasteiger partial charge is 0.169 e. The van der Waals surface area contributed by atoms with E-state index in [4.69, 9.17) is 11.5 Å². The van der Waals surface area contributed by atoms with Gasteiger partial charge in [0.1, 0.15) is 0 Å². The summed E-state index contributed by atoms with van der Waals surface area (Å²) < 4.78 is 1.72. The second kappa shape index (κ2) is 7.31. The Balaban J connectivity index is 1.76. The molecule has 3 aromatic rings. The molecule has 0 fully saturated rings. The molecule has 3 heterocycles. The third-order valence-corrected chi connectivity index (χ3v) is 4.55. The summed E-state index contributed by atoms with van der Waals surface area (Å²) in [5, 5.41) is 7.38. The molecule has 0 amide bonds. The Labute approximate surface area is 149 Å². The number of anilines is 3. The average molecular weight is 356 g/mol. The number of aryl methyl sites for hydroxylation is 1. The van der Waals surface area contributed by atoms with Crippen LogP contribution in [0.3, 0.4) is 0 Å². The highest BCUT2D eigenvalue weighted by Crippen LogP contribution is 2.25. The Morgan fingerprint density at radius 2 is 2.20 bits per heavy atom. The molecule has 0 radical (unpaired) electrons. The first-order chi connectivity index (χ1) is 12.1. The monoisotopic (exact) mass is 356 g/mol. The van der Waals surface area contributed by atoms with E-state index in [0.29, 0.717) is 23.9 Å². The number of rotatable bonds is 6. The highest BCUT2D eigenvalue weighted by atomic mass is 32.1. The van der Waals surface area contributed by atoms with Crippen molar-refractivity contribution in [3.05, 3.63) is 34.4 Å². The van der Waals surface area contributed by atoms with Gasteiger partial charge in [-0.1, -0.05) is 0 Å². The minimum Gasteiger partial charge on any atom is -0.398 e. The lowest BCUT2D eigenvalue weighted by Gasteiger charge is -2.08. The highest BCUT2D eigenvalue weighted by molar-refractivity contribution is 7.14. The summed E-state index contributed by atoms with van der Waals surface area (Å²) in [6, 6.07) is 1.93. The molecular weight excluding hydrogens is 336 g/mol. The molecule has 130 valence electrons. The van der Waals surface area contributed by atoms with Gasteiger partial charge < -0.3 is 16.8 Å². The molecular formula is C16H20N8S. The lowest BCUT2D eigenvalue weighted by molar-refractivity contribution is 0.768. The predicted octanol–water partition coefficient (Wildman–Crippen LogP) is 2.15. The first kappa shape index (κ1) is 16.9. The van der Waals surface area contributed by atoms with Gasteiger partial charge in [0.25, 0.3) is 0 Å². The van der Waals surface area contributed by atoms with Crippen LogP contribution in [0.25, 0.3) is 11.3 Å². The molecule has 3 rings (SSSR count). The van der Waals surface area contributed by atoms with E-state index in [1.807, 2.05) is 26.2 Å². The minimum atomic E-state index is 0.352. The second-order valence-electron chi connectivity index (χ2n) is 5.41. The van der Waals surface area contributed by atoms with Crippen LogP contribution in [-0.4, -0.2) is 32.5 Å². The molecule has 9 heteroatoms. The van der Waals surface area contributed by atoms with Gasteiger partial charge in [0.15, 0.2) is 11.6 Å². The molecule has 0 saturated heterocycles. The van der Waals surface area contributed by atoms with Crippen molar-refractivity contribution in [2.75, 3.05) is 23.3 Å². The molecule has 25 heavy (non-hydrogen) atoms. The molecule has 0 spiro atoms. The molecule has 0 unspecified atom stereocenters. The maximum absolute atomic E-state index is 6.01. The first-order valence-electron chi connectivity index (χ1n) is 7.80.